The molecular weight excluding hydrogens is 328 g/mol. The zero-order valence-electron chi connectivity index (χ0n) is 12.4. The molecule has 2 aromatic carbocycles. The first-order valence-electron chi connectivity index (χ1n) is 7.43. The Labute approximate surface area is 142 Å². The van der Waals surface area contributed by atoms with Crippen LogP contribution in [-0.2, 0) is 0 Å². The van der Waals surface area contributed by atoms with E-state index in [1.165, 1.54) is 6.07 Å². The predicted octanol–water partition coefficient (Wildman–Crippen LogP) is 5.15. The molecule has 1 fully saturated rings. The second-order valence-electron chi connectivity index (χ2n) is 5.69. The number of nitro benzene ring substituents is 1. The molecule has 1 aliphatic rings. The Morgan fingerprint density at radius 1 is 1.29 bits per heavy atom. The maximum absolute atomic E-state index is 11.1. The van der Waals surface area contributed by atoms with E-state index in [0.717, 1.165) is 18.4 Å². The van der Waals surface area contributed by atoms with Gasteiger partial charge in [-0.05, 0) is 18.9 Å². The largest absolute Gasteiger partial charge is 0.322 e. The van der Waals surface area contributed by atoms with E-state index in [1.807, 2.05) is 12.1 Å². The van der Waals surface area contributed by atoms with Gasteiger partial charge in [-0.1, -0.05) is 35.9 Å². The molecule has 0 spiro atoms. The van der Waals surface area contributed by atoms with Crippen LogP contribution in [0.4, 0.5) is 11.4 Å². The summed E-state index contributed by atoms with van der Waals surface area (Å²) in [5.74, 6) is 0.640. The van der Waals surface area contributed by atoms with Crippen LogP contribution in [-0.4, -0.2) is 14.5 Å². The molecule has 0 N–H and O–H groups in total. The Morgan fingerprint density at radius 3 is 2.71 bits per heavy atom. The second-order valence-corrected chi connectivity index (χ2v) is 6.07. The Hall–Kier alpha value is -2.91. The SMILES string of the molecule is [C-]#[N+]c1ccccc1-c1nc2c(Cl)c([N+](=O)[O-])ccc2n1C1CC1. The monoisotopic (exact) mass is 338 g/mol. The van der Waals surface area contributed by atoms with Crippen molar-refractivity contribution in [3.05, 3.63) is 63.0 Å². The lowest BCUT2D eigenvalue weighted by atomic mass is 10.1. The molecule has 1 aliphatic carbocycles. The third kappa shape index (κ3) is 2.14. The lowest BCUT2D eigenvalue weighted by Gasteiger charge is -2.09. The number of nitrogens with zero attached hydrogens (tertiary/aromatic N) is 4. The summed E-state index contributed by atoms with van der Waals surface area (Å²) in [5, 5.41) is 11.2. The van der Waals surface area contributed by atoms with Crippen LogP contribution in [0.2, 0.25) is 5.02 Å². The molecule has 0 aliphatic heterocycles. The first kappa shape index (κ1) is 14.7. The lowest BCUT2D eigenvalue weighted by Crippen LogP contribution is -1.97. The predicted molar refractivity (Wildman–Crippen MR) is 91.4 cm³/mol. The van der Waals surface area contributed by atoms with Crippen molar-refractivity contribution in [1.29, 1.82) is 0 Å². The van der Waals surface area contributed by atoms with Gasteiger partial charge in [-0.3, -0.25) is 10.1 Å². The number of hydrogen-bond acceptors (Lipinski definition) is 3. The molecule has 1 heterocycles. The standard InChI is InChI=1S/C17H11ClN4O2/c1-19-12-5-3-2-4-11(12)17-20-16-14(21(17)10-6-7-10)9-8-13(15(16)18)22(23)24/h2-5,8-10H,6-7H2. The maximum Gasteiger partial charge on any atom is 0.290 e. The minimum Gasteiger partial charge on any atom is -0.322 e. The average molecular weight is 339 g/mol. The van der Waals surface area contributed by atoms with Gasteiger partial charge in [-0.25, -0.2) is 9.83 Å². The van der Waals surface area contributed by atoms with Crippen molar-refractivity contribution < 1.29 is 4.92 Å². The minimum absolute atomic E-state index is 0.0402. The molecule has 0 saturated heterocycles. The average Bonchev–Trinajstić information content (AvgIpc) is 3.34. The molecule has 0 bridgehead atoms. The summed E-state index contributed by atoms with van der Waals surface area (Å²) < 4.78 is 2.05. The van der Waals surface area contributed by atoms with Crippen LogP contribution in [0.3, 0.4) is 0 Å². The molecule has 0 amide bonds. The van der Waals surface area contributed by atoms with E-state index in [2.05, 4.69) is 14.4 Å². The van der Waals surface area contributed by atoms with Crippen molar-refractivity contribution in [1.82, 2.24) is 9.55 Å². The quantitative estimate of drug-likeness (QED) is 0.377. The molecule has 1 aromatic heterocycles. The number of imidazole rings is 1. The maximum atomic E-state index is 11.1. The normalized spacial score (nSPS) is 13.8. The second kappa shape index (κ2) is 5.32. The van der Waals surface area contributed by atoms with Crippen LogP contribution in [0.25, 0.3) is 27.3 Å². The van der Waals surface area contributed by atoms with Crippen molar-refractivity contribution in [3.8, 4) is 11.4 Å². The highest BCUT2D eigenvalue weighted by atomic mass is 35.5. The van der Waals surface area contributed by atoms with Gasteiger partial charge in [0, 0.05) is 17.7 Å². The van der Waals surface area contributed by atoms with E-state index in [0.29, 0.717) is 28.6 Å². The van der Waals surface area contributed by atoms with E-state index in [4.69, 9.17) is 18.2 Å². The lowest BCUT2D eigenvalue weighted by molar-refractivity contribution is -0.384. The fourth-order valence-electron chi connectivity index (χ4n) is 2.91. The smallest absolute Gasteiger partial charge is 0.290 e. The van der Waals surface area contributed by atoms with Gasteiger partial charge < -0.3 is 4.57 Å². The summed E-state index contributed by atoms with van der Waals surface area (Å²) in [6.45, 7) is 7.37. The van der Waals surface area contributed by atoms with E-state index in [9.17, 15) is 10.1 Å². The molecule has 0 unspecified atom stereocenters. The number of para-hydroxylation sites is 1. The summed E-state index contributed by atoms with van der Waals surface area (Å²) in [6, 6.07) is 10.6. The molecule has 4 rings (SSSR count). The summed E-state index contributed by atoms with van der Waals surface area (Å²) in [7, 11) is 0. The third-order valence-corrected chi connectivity index (χ3v) is 4.53. The summed E-state index contributed by atoms with van der Waals surface area (Å²) in [5.41, 5.74) is 2.24. The van der Waals surface area contributed by atoms with Crippen LogP contribution in [0.15, 0.2) is 36.4 Å². The van der Waals surface area contributed by atoms with Crippen LogP contribution >= 0.6 is 11.6 Å². The molecule has 6 nitrogen and oxygen atoms in total. The number of fused-ring (bicyclic) bond motifs is 1. The van der Waals surface area contributed by atoms with Crippen LogP contribution in [0.5, 0.6) is 0 Å². The topological polar surface area (TPSA) is 65.3 Å². The van der Waals surface area contributed by atoms with Gasteiger partial charge in [0.05, 0.1) is 17.0 Å². The summed E-state index contributed by atoms with van der Waals surface area (Å²) in [4.78, 5) is 18.8. The third-order valence-electron chi connectivity index (χ3n) is 4.15. The number of benzene rings is 2. The minimum atomic E-state index is -0.509. The van der Waals surface area contributed by atoms with Gasteiger partial charge in [0.1, 0.15) is 16.4 Å². The van der Waals surface area contributed by atoms with Gasteiger partial charge in [0.15, 0.2) is 5.69 Å². The number of rotatable bonds is 3. The molecule has 24 heavy (non-hydrogen) atoms. The number of hydrogen-bond donors (Lipinski definition) is 0. The zero-order valence-corrected chi connectivity index (χ0v) is 13.2. The summed E-state index contributed by atoms with van der Waals surface area (Å²) >= 11 is 6.23. The van der Waals surface area contributed by atoms with Crippen LogP contribution in [0.1, 0.15) is 18.9 Å². The molecule has 3 aromatic rings. The Bertz CT molecular complexity index is 1030. The van der Waals surface area contributed by atoms with Crippen molar-refractivity contribution in [2.75, 3.05) is 0 Å². The van der Waals surface area contributed by atoms with Gasteiger partial charge in [0.25, 0.3) is 5.69 Å². The van der Waals surface area contributed by atoms with Crippen molar-refractivity contribution in [2.45, 2.75) is 18.9 Å². The molecule has 118 valence electrons. The number of aromatic nitrogens is 2. The Balaban J connectivity index is 2.06. The molecular formula is C17H11ClN4O2. The summed E-state index contributed by atoms with van der Waals surface area (Å²) in [6.07, 6.45) is 2.04. The van der Waals surface area contributed by atoms with Gasteiger partial charge in [-0.2, -0.15) is 0 Å². The van der Waals surface area contributed by atoms with Crippen LogP contribution < -0.4 is 0 Å². The van der Waals surface area contributed by atoms with Crippen LogP contribution in [0, 0.1) is 16.7 Å². The molecule has 1 saturated carbocycles. The Morgan fingerprint density at radius 2 is 2.04 bits per heavy atom. The highest BCUT2D eigenvalue weighted by Gasteiger charge is 2.31. The fraction of sp³-hybridized carbons (Fsp3) is 0.176. The van der Waals surface area contributed by atoms with E-state index >= 15 is 0 Å². The molecule has 7 heteroatoms. The van der Waals surface area contributed by atoms with E-state index in [1.54, 1.807) is 18.2 Å². The highest BCUT2D eigenvalue weighted by Crippen LogP contribution is 2.45. The van der Waals surface area contributed by atoms with Gasteiger partial charge >= 0.3 is 0 Å². The molecule has 0 radical (unpaired) electrons. The molecule has 0 atom stereocenters. The zero-order chi connectivity index (χ0) is 16.8. The first-order valence-corrected chi connectivity index (χ1v) is 7.81. The van der Waals surface area contributed by atoms with E-state index in [-0.39, 0.29) is 10.7 Å². The van der Waals surface area contributed by atoms with Gasteiger partial charge in [-0.15, -0.1) is 0 Å². The van der Waals surface area contributed by atoms with Crippen molar-refractivity contribution >= 4 is 34.0 Å². The number of nitro groups is 1. The Kier molecular flexibility index (Phi) is 3.25. The first-order chi connectivity index (χ1) is 11.6. The van der Waals surface area contributed by atoms with Crippen molar-refractivity contribution in [2.24, 2.45) is 0 Å². The highest BCUT2D eigenvalue weighted by molar-refractivity contribution is 6.37. The fourth-order valence-corrected chi connectivity index (χ4v) is 3.18. The van der Waals surface area contributed by atoms with Crippen molar-refractivity contribution in [3.63, 3.8) is 0 Å². The van der Waals surface area contributed by atoms with E-state index < -0.39 is 4.92 Å². The van der Waals surface area contributed by atoms with Gasteiger partial charge in [0.2, 0.25) is 0 Å². The number of halogens is 1.